The summed E-state index contributed by atoms with van der Waals surface area (Å²) in [5.74, 6) is -1.04. The minimum Gasteiger partial charge on any atom is -0.480 e. The Labute approximate surface area is 86.9 Å². The Kier molecular flexibility index (Phi) is 4.77. The number of carboxylic acid groups (broad SMARTS) is 1. The molecule has 0 aromatic heterocycles. The van der Waals surface area contributed by atoms with E-state index < -0.39 is 12.0 Å². The normalized spacial score (nSPS) is 11.5. The molecular formula is C8H9Cl2NO2. The van der Waals surface area contributed by atoms with Gasteiger partial charge in [0, 0.05) is 5.02 Å². The van der Waals surface area contributed by atoms with Gasteiger partial charge in [0.2, 0.25) is 0 Å². The molecule has 0 heterocycles. The van der Waals surface area contributed by atoms with Crippen molar-refractivity contribution in [3.8, 4) is 0 Å². The van der Waals surface area contributed by atoms with Gasteiger partial charge in [-0.1, -0.05) is 23.7 Å². The van der Waals surface area contributed by atoms with Gasteiger partial charge in [-0.3, -0.25) is 4.79 Å². The molecule has 5 heteroatoms. The first-order valence-corrected chi connectivity index (χ1v) is 3.73. The maximum Gasteiger partial charge on any atom is 0.325 e. The molecule has 1 atom stereocenters. The van der Waals surface area contributed by atoms with Crippen LogP contribution in [0, 0.1) is 0 Å². The molecule has 0 saturated heterocycles. The number of nitrogens with two attached hydrogens (primary N) is 1. The topological polar surface area (TPSA) is 63.3 Å². The zero-order valence-corrected chi connectivity index (χ0v) is 8.18. The Morgan fingerprint density at radius 2 is 1.85 bits per heavy atom. The van der Waals surface area contributed by atoms with Gasteiger partial charge in [-0.25, -0.2) is 0 Å². The van der Waals surface area contributed by atoms with E-state index in [4.69, 9.17) is 22.4 Å². The largest absolute Gasteiger partial charge is 0.480 e. The lowest BCUT2D eigenvalue weighted by Crippen LogP contribution is -2.20. The fraction of sp³-hybridized carbons (Fsp3) is 0.125. The van der Waals surface area contributed by atoms with E-state index in [-0.39, 0.29) is 12.4 Å². The van der Waals surface area contributed by atoms with Crippen molar-refractivity contribution >= 4 is 30.0 Å². The third-order valence-electron chi connectivity index (χ3n) is 1.50. The van der Waals surface area contributed by atoms with E-state index in [0.717, 1.165) is 0 Å². The number of hydrogen-bond acceptors (Lipinski definition) is 2. The number of aliphatic carboxylic acids is 1. The summed E-state index contributed by atoms with van der Waals surface area (Å²) in [6, 6.07) is 5.45. The van der Waals surface area contributed by atoms with Crippen molar-refractivity contribution in [3.05, 3.63) is 34.9 Å². The molecule has 3 nitrogen and oxygen atoms in total. The van der Waals surface area contributed by atoms with Crippen LogP contribution in [0.4, 0.5) is 0 Å². The highest BCUT2D eigenvalue weighted by Gasteiger charge is 2.12. The first-order chi connectivity index (χ1) is 5.61. The number of rotatable bonds is 2. The standard InChI is InChI=1S/C8H8ClNO2.ClH/c9-6-3-1-5(2-4-6)7(10)8(11)12;/h1-4,7H,10H2,(H,11,12);1H/t7-;/m0./s1. The number of halogens is 2. The fourth-order valence-electron chi connectivity index (χ4n) is 0.813. The maximum atomic E-state index is 10.4. The van der Waals surface area contributed by atoms with Crippen LogP contribution in [-0.2, 0) is 4.79 Å². The molecule has 1 aromatic rings. The first kappa shape index (κ1) is 12.2. The highest BCUT2D eigenvalue weighted by Crippen LogP contribution is 2.14. The summed E-state index contributed by atoms with van der Waals surface area (Å²) in [5, 5.41) is 9.11. The van der Waals surface area contributed by atoms with Gasteiger partial charge in [-0.15, -0.1) is 12.4 Å². The average Bonchev–Trinajstić information content (AvgIpc) is 2.04. The zero-order valence-electron chi connectivity index (χ0n) is 6.61. The van der Waals surface area contributed by atoms with Crippen LogP contribution in [-0.4, -0.2) is 11.1 Å². The van der Waals surface area contributed by atoms with Gasteiger partial charge in [0.1, 0.15) is 6.04 Å². The second-order valence-electron chi connectivity index (χ2n) is 2.37. The molecule has 1 aromatic carbocycles. The minimum absolute atomic E-state index is 0. The first-order valence-electron chi connectivity index (χ1n) is 3.35. The fourth-order valence-corrected chi connectivity index (χ4v) is 0.939. The van der Waals surface area contributed by atoms with Crippen molar-refractivity contribution in [1.82, 2.24) is 0 Å². The van der Waals surface area contributed by atoms with E-state index in [0.29, 0.717) is 10.6 Å². The SMILES string of the molecule is Cl.N[C@H](C(=O)O)c1ccc(Cl)cc1. The van der Waals surface area contributed by atoms with Gasteiger partial charge in [0.25, 0.3) is 0 Å². The quantitative estimate of drug-likeness (QED) is 0.802. The molecule has 0 bridgehead atoms. The summed E-state index contributed by atoms with van der Waals surface area (Å²) in [5.41, 5.74) is 5.89. The van der Waals surface area contributed by atoms with Crippen LogP contribution in [0.15, 0.2) is 24.3 Å². The molecule has 0 aliphatic carbocycles. The van der Waals surface area contributed by atoms with Crippen molar-refractivity contribution in [3.63, 3.8) is 0 Å². The van der Waals surface area contributed by atoms with Gasteiger partial charge < -0.3 is 10.8 Å². The van der Waals surface area contributed by atoms with Crippen LogP contribution in [0.3, 0.4) is 0 Å². The van der Waals surface area contributed by atoms with E-state index in [1.807, 2.05) is 0 Å². The Balaban J connectivity index is 0.00000144. The van der Waals surface area contributed by atoms with Crippen molar-refractivity contribution in [1.29, 1.82) is 0 Å². The molecular weight excluding hydrogens is 213 g/mol. The Hall–Kier alpha value is -0.770. The minimum atomic E-state index is -1.04. The highest BCUT2D eigenvalue weighted by molar-refractivity contribution is 6.30. The molecule has 0 amide bonds. The van der Waals surface area contributed by atoms with Crippen molar-refractivity contribution in [2.45, 2.75) is 6.04 Å². The van der Waals surface area contributed by atoms with Gasteiger partial charge in [0.05, 0.1) is 0 Å². The van der Waals surface area contributed by atoms with Gasteiger partial charge >= 0.3 is 5.97 Å². The lowest BCUT2D eigenvalue weighted by molar-refractivity contribution is -0.138. The maximum absolute atomic E-state index is 10.4. The van der Waals surface area contributed by atoms with E-state index in [1.165, 1.54) is 0 Å². The third kappa shape index (κ3) is 3.22. The van der Waals surface area contributed by atoms with Crippen LogP contribution in [0.2, 0.25) is 5.02 Å². The third-order valence-corrected chi connectivity index (χ3v) is 1.75. The van der Waals surface area contributed by atoms with E-state index >= 15 is 0 Å². The molecule has 0 unspecified atom stereocenters. The molecule has 0 radical (unpaired) electrons. The zero-order chi connectivity index (χ0) is 9.14. The van der Waals surface area contributed by atoms with Crippen LogP contribution >= 0.6 is 24.0 Å². The lowest BCUT2D eigenvalue weighted by Gasteiger charge is -2.05. The lowest BCUT2D eigenvalue weighted by atomic mass is 10.1. The molecule has 3 N–H and O–H groups in total. The van der Waals surface area contributed by atoms with Crippen LogP contribution in [0.5, 0.6) is 0 Å². The summed E-state index contributed by atoms with van der Waals surface area (Å²) >= 11 is 5.61. The van der Waals surface area contributed by atoms with E-state index in [1.54, 1.807) is 24.3 Å². The molecule has 13 heavy (non-hydrogen) atoms. The number of carboxylic acids is 1. The van der Waals surface area contributed by atoms with Crippen LogP contribution in [0.25, 0.3) is 0 Å². The summed E-state index contributed by atoms with van der Waals surface area (Å²) in [7, 11) is 0. The van der Waals surface area contributed by atoms with Gasteiger partial charge in [-0.05, 0) is 17.7 Å². The van der Waals surface area contributed by atoms with Crippen molar-refractivity contribution in [2.24, 2.45) is 5.73 Å². The van der Waals surface area contributed by atoms with Gasteiger partial charge in [0.15, 0.2) is 0 Å². The molecule has 1 rings (SSSR count). The summed E-state index contributed by atoms with van der Waals surface area (Å²) in [4.78, 5) is 10.4. The van der Waals surface area contributed by atoms with Crippen molar-refractivity contribution in [2.75, 3.05) is 0 Å². The van der Waals surface area contributed by atoms with Gasteiger partial charge in [-0.2, -0.15) is 0 Å². The monoisotopic (exact) mass is 221 g/mol. The number of benzene rings is 1. The van der Waals surface area contributed by atoms with Crippen LogP contribution in [0.1, 0.15) is 11.6 Å². The second-order valence-corrected chi connectivity index (χ2v) is 2.80. The molecule has 0 spiro atoms. The molecule has 0 saturated carbocycles. The number of carbonyl (C=O) groups is 1. The molecule has 72 valence electrons. The Morgan fingerprint density at radius 3 is 2.23 bits per heavy atom. The van der Waals surface area contributed by atoms with Crippen molar-refractivity contribution < 1.29 is 9.90 Å². The summed E-state index contributed by atoms with van der Waals surface area (Å²) in [6.45, 7) is 0. The summed E-state index contributed by atoms with van der Waals surface area (Å²) in [6.07, 6.45) is 0. The van der Waals surface area contributed by atoms with E-state index in [9.17, 15) is 4.79 Å². The predicted molar refractivity (Wildman–Crippen MR) is 53.3 cm³/mol. The highest BCUT2D eigenvalue weighted by atomic mass is 35.5. The predicted octanol–water partition coefficient (Wildman–Crippen LogP) is 1.85. The molecule has 0 aliphatic heterocycles. The second kappa shape index (κ2) is 5.07. The van der Waals surface area contributed by atoms with Crippen LogP contribution < -0.4 is 5.73 Å². The molecule has 0 aliphatic rings. The Morgan fingerprint density at radius 1 is 1.38 bits per heavy atom. The Bertz CT molecular complexity index is 287. The smallest absolute Gasteiger partial charge is 0.325 e. The molecule has 0 fully saturated rings. The van der Waals surface area contributed by atoms with E-state index in [2.05, 4.69) is 0 Å². The summed E-state index contributed by atoms with van der Waals surface area (Å²) < 4.78 is 0. The average molecular weight is 222 g/mol. The number of hydrogen-bond donors (Lipinski definition) is 2.